The maximum absolute atomic E-state index is 14.1. The number of nitrogens with one attached hydrogen (secondary N) is 1. The van der Waals surface area contributed by atoms with Crippen molar-refractivity contribution in [2.75, 3.05) is 7.11 Å². The van der Waals surface area contributed by atoms with Crippen LogP contribution in [0, 0.1) is 5.82 Å². The van der Waals surface area contributed by atoms with Crippen LogP contribution in [0.5, 0.6) is 5.75 Å². The maximum Gasteiger partial charge on any atom is 0.252 e. The van der Waals surface area contributed by atoms with Gasteiger partial charge in [0.15, 0.2) is 0 Å². The van der Waals surface area contributed by atoms with Gasteiger partial charge in [0.2, 0.25) is 0 Å². The minimum Gasteiger partial charge on any atom is -0.497 e. The number of methoxy groups -OCH3 is 1. The number of nitrogens with zero attached hydrogens (tertiary/aromatic N) is 3. The molecule has 5 rings (SSSR count). The van der Waals surface area contributed by atoms with Crippen LogP contribution in [0.4, 0.5) is 4.39 Å². The second-order valence-corrected chi connectivity index (χ2v) is 8.16. The van der Waals surface area contributed by atoms with Crippen LogP contribution >= 0.6 is 0 Å². The van der Waals surface area contributed by atoms with Gasteiger partial charge in [-0.05, 0) is 54.1 Å². The number of rotatable bonds is 6. The predicted octanol–water partition coefficient (Wildman–Crippen LogP) is 5.30. The van der Waals surface area contributed by atoms with Gasteiger partial charge in [0.1, 0.15) is 23.4 Å². The highest BCUT2D eigenvalue weighted by atomic mass is 19.1. The molecule has 0 aliphatic carbocycles. The zero-order valence-electron chi connectivity index (χ0n) is 19.3. The number of pyridine rings is 1. The summed E-state index contributed by atoms with van der Waals surface area (Å²) in [6, 6.07) is 22.3. The standard InChI is InChI=1S/C28H23FN4O2/c1-33-15-14-30-27(33)26(19-6-5-7-20(29)16-19)32-28(34)23-17-25(18-10-12-21(35-2)13-11-18)31-24-9-4-3-8-22(23)24/h3-17,26H,1-2H3,(H,32,34). The highest BCUT2D eigenvalue weighted by Gasteiger charge is 2.23. The van der Waals surface area contributed by atoms with E-state index in [9.17, 15) is 9.18 Å². The Labute approximate surface area is 202 Å². The molecule has 1 atom stereocenters. The Morgan fingerprint density at radius 1 is 1.03 bits per heavy atom. The predicted molar refractivity (Wildman–Crippen MR) is 133 cm³/mol. The molecule has 7 heteroatoms. The van der Waals surface area contributed by atoms with E-state index in [0.717, 1.165) is 16.7 Å². The Morgan fingerprint density at radius 2 is 1.83 bits per heavy atom. The summed E-state index contributed by atoms with van der Waals surface area (Å²) >= 11 is 0. The Hall–Kier alpha value is -4.52. The summed E-state index contributed by atoms with van der Waals surface area (Å²) in [7, 11) is 3.45. The molecule has 1 unspecified atom stereocenters. The summed E-state index contributed by atoms with van der Waals surface area (Å²) in [5, 5.41) is 3.79. The first-order chi connectivity index (χ1) is 17.0. The lowest BCUT2D eigenvalue weighted by molar-refractivity contribution is 0.0942. The van der Waals surface area contributed by atoms with E-state index < -0.39 is 6.04 Å². The molecule has 0 aliphatic heterocycles. The molecule has 0 spiro atoms. The van der Waals surface area contributed by atoms with Crippen molar-refractivity contribution in [2.45, 2.75) is 6.04 Å². The highest BCUT2D eigenvalue weighted by Crippen LogP contribution is 2.28. The van der Waals surface area contributed by atoms with Crippen molar-refractivity contribution in [1.29, 1.82) is 0 Å². The monoisotopic (exact) mass is 466 g/mol. The summed E-state index contributed by atoms with van der Waals surface area (Å²) < 4.78 is 21.1. The molecule has 0 bridgehead atoms. The average Bonchev–Trinajstić information content (AvgIpc) is 3.31. The van der Waals surface area contributed by atoms with E-state index in [-0.39, 0.29) is 11.7 Å². The fourth-order valence-electron chi connectivity index (χ4n) is 4.12. The molecule has 0 saturated heterocycles. The van der Waals surface area contributed by atoms with Crippen molar-refractivity contribution in [3.05, 3.63) is 114 Å². The van der Waals surface area contributed by atoms with Gasteiger partial charge in [-0.3, -0.25) is 4.79 Å². The van der Waals surface area contributed by atoms with Crippen LogP contribution in [0.2, 0.25) is 0 Å². The highest BCUT2D eigenvalue weighted by molar-refractivity contribution is 6.07. The van der Waals surface area contributed by atoms with E-state index in [0.29, 0.717) is 28.2 Å². The van der Waals surface area contributed by atoms with Gasteiger partial charge in [0, 0.05) is 30.4 Å². The van der Waals surface area contributed by atoms with Gasteiger partial charge >= 0.3 is 0 Å². The molecule has 5 aromatic rings. The molecule has 2 heterocycles. The van der Waals surface area contributed by atoms with E-state index in [1.165, 1.54) is 12.1 Å². The van der Waals surface area contributed by atoms with E-state index in [1.54, 1.807) is 37.7 Å². The Bertz CT molecular complexity index is 1510. The second kappa shape index (κ2) is 9.38. The molecule has 1 amide bonds. The molecule has 0 saturated carbocycles. The number of benzene rings is 3. The molecule has 6 nitrogen and oxygen atoms in total. The summed E-state index contributed by atoms with van der Waals surface area (Å²) in [6.07, 6.45) is 3.44. The summed E-state index contributed by atoms with van der Waals surface area (Å²) in [5.74, 6) is 0.640. The van der Waals surface area contributed by atoms with Crippen LogP contribution in [0.15, 0.2) is 91.3 Å². The minimum atomic E-state index is -0.644. The van der Waals surface area contributed by atoms with Crippen molar-refractivity contribution in [3.8, 4) is 17.0 Å². The van der Waals surface area contributed by atoms with E-state index in [1.807, 2.05) is 60.1 Å². The van der Waals surface area contributed by atoms with Gasteiger partial charge < -0.3 is 14.6 Å². The maximum atomic E-state index is 14.1. The van der Waals surface area contributed by atoms with Crippen LogP contribution in [0.25, 0.3) is 22.2 Å². The van der Waals surface area contributed by atoms with Gasteiger partial charge in [-0.2, -0.15) is 0 Å². The molecular weight excluding hydrogens is 443 g/mol. The quantitative estimate of drug-likeness (QED) is 0.369. The number of halogens is 1. The number of ether oxygens (including phenoxy) is 1. The molecular formula is C28H23FN4O2. The fraction of sp³-hybridized carbons (Fsp3) is 0.107. The summed E-state index contributed by atoms with van der Waals surface area (Å²) in [6.45, 7) is 0. The fourth-order valence-corrected chi connectivity index (χ4v) is 4.12. The molecule has 174 valence electrons. The number of amides is 1. The lowest BCUT2D eigenvalue weighted by Gasteiger charge is -2.20. The van der Waals surface area contributed by atoms with Crippen molar-refractivity contribution in [3.63, 3.8) is 0 Å². The van der Waals surface area contributed by atoms with Crippen LogP contribution in [0.1, 0.15) is 27.8 Å². The summed E-state index contributed by atoms with van der Waals surface area (Å²) in [4.78, 5) is 22.9. The number of aryl methyl sites for hydroxylation is 1. The van der Waals surface area contributed by atoms with E-state index in [2.05, 4.69) is 10.3 Å². The smallest absolute Gasteiger partial charge is 0.252 e. The van der Waals surface area contributed by atoms with Crippen molar-refractivity contribution in [1.82, 2.24) is 19.9 Å². The number of carbonyl (C=O) groups excluding carboxylic acids is 1. The zero-order chi connectivity index (χ0) is 24.4. The number of imidazole rings is 1. The SMILES string of the molecule is COc1ccc(-c2cc(C(=O)NC(c3cccc(F)c3)c3nccn3C)c3ccccc3n2)cc1. The third-order valence-electron chi connectivity index (χ3n) is 5.92. The number of carbonyl (C=O) groups is 1. The minimum absolute atomic E-state index is 0.310. The number of hydrogen-bond acceptors (Lipinski definition) is 4. The van der Waals surface area contributed by atoms with Gasteiger partial charge in [0.05, 0.1) is 23.9 Å². The molecule has 1 N–H and O–H groups in total. The number of para-hydroxylation sites is 1. The van der Waals surface area contributed by atoms with Gasteiger partial charge in [-0.25, -0.2) is 14.4 Å². The molecule has 0 aliphatic rings. The van der Waals surface area contributed by atoms with E-state index in [4.69, 9.17) is 9.72 Å². The van der Waals surface area contributed by atoms with Crippen LogP contribution in [-0.4, -0.2) is 27.6 Å². The molecule has 0 fully saturated rings. The first-order valence-electron chi connectivity index (χ1n) is 11.1. The topological polar surface area (TPSA) is 69.0 Å². The van der Waals surface area contributed by atoms with Crippen LogP contribution in [0.3, 0.4) is 0 Å². The van der Waals surface area contributed by atoms with Gasteiger partial charge in [0.25, 0.3) is 5.91 Å². The van der Waals surface area contributed by atoms with Crippen LogP contribution < -0.4 is 10.1 Å². The van der Waals surface area contributed by atoms with Crippen molar-refractivity contribution in [2.24, 2.45) is 7.05 Å². The van der Waals surface area contributed by atoms with Crippen molar-refractivity contribution < 1.29 is 13.9 Å². The Balaban J connectivity index is 1.59. The lowest BCUT2D eigenvalue weighted by Crippen LogP contribution is -2.31. The molecule has 35 heavy (non-hydrogen) atoms. The number of fused-ring (bicyclic) bond motifs is 1. The number of aromatic nitrogens is 3. The molecule has 3 aromatic carbocycles. The first kappa shape index (κ1) is 22.3. The average molecular weight is 467 g/mol. The second-order valence-electron chi connectivity index (χ2n) is 8.16. The summed E-state index contributed by atoms with van der Waals surface area (Å²) in [5.41, 5.74) is 3.29. The van der Waals surface area contributed by atoms with Crippen molar-refractivity contribution >= 4 is 16.8 Å². The van der Waals surface area contributed by atoms with Gasteiger partial charge in [-0.1, -0.05) is 30.3 Å². The molecule has 2 aromatic heterocycles. The normalized spacial score (nSPS) is 11.9. The Morgan fingerprint density at radius 3 is 2.54 bits per heavy atom. The van der Waals surface area contributed by atoms with E-state index >= 15 is 0 Å². The largest absolute Gasteiger partial charge is 0.497 e. The zero-order valence-corrected chi connectivity index (χ0v) is 19.3. The third-order valence-corrected chi connectivity index (χ3v) is 5.92. The lowest BCUT2D eigenvalue weighted by atomic mass is 10.0. The van der Waals surface area contributed by atoms with Crippen LogP contribution in [-0.2, 0) is 7.05 Å². The van der Waals surface area contributed by atoms with Gasteiger partial charge in [-0.15, -0.1) is 0 Å². The Kier molecular flexibility index (Phi) is 5.97. The number of hydrogen-bond donors (Lipinski definition) is 1. The first-order valence-corrected chi connectivity index (χ1v) is 11.1. The molecule has 0 radical (unpaired) electrons. The third kappa shape index (κ3) is 4.48.